The first-order valence-corrected chi connectivity index (χ1v) is 4.15. The summed E-state index contributed by atoms with van der Waals surface area (Å²) in [6.45, 7) is 1.54. The summed E-state index contributed by atoms with van der Waals surface area (Å²) >= 11 is 0. The molecule has 0 aliphatic carbocycles. The third kappa shape index (κ3) is 2.07. The molecule has 0 aromatic heterocycles. The molecular formula is C9H12N2O3. The second-order valence-corrected chi connectivity index (χ2v) is 3.29. The second kappa shape index (κ2) is 3.73. The molecule has 3 N–H and O–H groups in total. The standard InChI is InChI=1S/C9H12N2O3/c1-9(12,6-10)7-3-2-4-8(5-7)11(13)14/h2-5,12H,6,10H2,1H3. The van der Waals surface area contributed by atoms with Crippen molar-refractivity contribution in [1.29, 1.82) is 0 Å². The fraction of sp³-hybridized carbons (Fsp3) is 0.333. The van der Waals surface area contributed by atoms with Crippen molar-refractivity contribution in [1.82, 2.24) is 0 Å². The van der Waals surface area contributed by atoms with E-state index in [4.69, 9.17) is 5.73 Å². The molecule has 0 saturated carbocycles. The zero-order chi connectivity index (χ0) is 10.8. The van der Waals surface area contributed by atoms with Gasteiger partial charge in [0, 0.05) is 18.7 Å². The van der Waals surface area contributed by atoms with Crippen LogP contribution in [0, 0.1) is 10.1 Å². The summed E-state index contributed by atoms with van der Waals surface area (Å²) < 4.78 is 0. The van der Waals surface area contributed by atoms with Crippen molar-refractivity contribution in [2.75, 3.05) is 6.54 Å². The van der Waals surface area contributed by atoms with Gasteiger partial charge in [0.2, 0.25) is 0 Å². The highest BCUT2D eigenvalue weighted by Crippen LogP contribution is 2.23. The molecule has 0 aliphatic heterocycles. The van der Waals surface area contributed by atoms with Crippen molar-refractivity contribution in [3.05, 3.63) is 39.9 Å². The van der Waals surface area contributed by atoms with E-state index in [0.29, 0.717) is 5.56 Å². The van der Waals surface area contributed by atoms with Gasteiger partial charge in [-0.15, -0.1) is 0 Å². The predicted molar refractivity (Wildman–Crippen MR) is 51.7 cm³/mol. The van der Waals surface area contributed by atoms with Crippen LogP contribution in [0.4, 0.5) is 5.69 Å². The zero-order valence-corrected chi connectivity index (χ0v) is 7.80. The minimum absolute atomic E-state index is 0.0220. The molecule has 1 aromatic carbocycles. The molecule has 0 spiro atoms. The van der Waals surface area contributed by atoms with Crippen molar-refractivity contribution < 1.29 is 10.0 Å². The Balaban J connectivity index is 3.12. The summed E-state index contributed by atoms with van der Waals surface area (Å²) in [6, 6.07) is 5.83. The second-order valence-electron chi connectivity index (χ2n) is 3.29. The van der Waals surface area contributed by atoms with Gasteiger partial charge < -0.3 is 10.8 Å². The third-order valence-electron chi connectivity index (χ3n) is 2.08. The van der Waals surface area contributed by atoms with Crippen LogP contribution in [0.3, 0.4) is 0 Å². The maximum absolute atomic E-state index is 10.5. The summed E-state index contributed by atoms with van der Waals surface area (Å²) in [5.74, 6) is 0. The molecule has 76 valence electrons. The normalized spacial score (nSPS) is 14.8. The number of hydrogen-bond acceptors (Lipinski definition) is 4. The van der Waals surface area contributed by atoms with Crippen LogP contribution in [0.15, 0.2) is 24.3 Å². The maximum atomic E-state index is 10.5. The summed E-state index contributed by atoms with van der Waals surface area (Å²) in [6.07, 6.45) is 0. The number of hydrogen-bond donors (Lipinski definition) is 2. The average Bonchev–Trinajstić information content (AvgIpc) is 2.18. The molecular weight excluding hydrogens is 184 g/mol. The quantitative estimate of drug-likeness (QED) is 0.551. The van der Waals surface area contributed by atoms with E-state index in [-0.39, 0.29) is 12.2 Å². The number of aliphatic hydroxyl groups is 1. The van der Waals surface area contributed by atoms with Crippen molar-refractivity contribution in [2.45, 2.75) is 12.5 Å². The van der Waals surface area contributed by atoms with Crippen LogP contribution in [0.5, 0.6) is 0 Å². The third-order valence-corrected chi connectivity index (χ3v) is 2.08. The van der Waals surface area contributed by atoms with Crippen molar-refractivity contribution >= 4 is 5.69 Å². The molecule has 5 nitrogen and oxygen atoms in total. The number of non-ortho nitro benzene ring substituents is 1. The monoisotopic (exact) mass is 196 g/mol. The van der Waals surface area contributed by atoms with Gasteiger partial charge in [-0.1, -0.05) is 12.1 Å². The van der Waals surface area contributed by atoms with Crippen molar-refractivity contribution in [3.8, 4) is 0 Å². The van der Waals surface area contributed by atoms with Gasteiger partial charge >= 0.3 is 0 Å². The smallest absolute Gasteiger partial charge is 0.269 e. The van der Waals surface area contributed by atoms with E-state index in [1.807, 2.05) is 0 Å². The van der Waals surface area contributed by atoms with Gasteiger partial charge in [-0.05, 0) is 12.5 Å². The van der Waals surface area contributed by atoms with Gasteiger partial charge in [0.05, 0.1) is 10.5 Å². The van der Waals surface area contributed by atoms with Crippen LogP contribution in [0.2, 0.25) is 0 Å². The Morgan fingerprint density at radius 3 is 2.79 bits per heavy atom. The SMILES string of the molecule is CC(O)(CN)c1cccc([N+](=O)[O-])c1. The average molecular weight is 196 g/mol. The van der Waals surface area contributed by atoms with E-state index in [0.717, 1.165) is 0 Å². The minimum Gasteiger partial charge on any atom is -0.384 e. The molecule has 0 fully saturated rings. The highest BCUT2D eigenvalue weighted by Gasteiger charge is 2.22. The molecule has 0 aliphatic rings. The molecule has 0 saturated heterocycles. The number of nitrogens with two attached hydrogens (primary N) is 1. The molecule has 5 heteroatoms. The lowest BCUT2D eigenvalue weighted by molar-refractivity contribution is -0.385. The van der Waals surface area contributed by atoms with E-state index in [1.165, 1.54) is 25.1 Å². The van der Waals surface area contributed by atoms with Crippen LogP contribution in [-0.4, -0.2) is 16.6 Å². The Labute approximate surface area is 81.3 Å². The minimum atomic E-state index is -1.22. The summed E-state index contributed by atoms with van der Waals surface area (Å²) in [5.41, 5.74) is 4.54. The van der Waals surface area contributed by atoms with Crippen LogP contribution < -0.4 is 5.73 Å². The molecule has 0 heterocycles. The fourth-order valence-electron chi connectivity index (χ4n) is 1.07. The van der Waals surface area contributed by atoms with Crippen molar-refractivity contribution in [3.63, 3.8) is 0 Å². The van der Waals surface area contributed by atoms with Crippen LogP contribution in [0.25, 0.3) is 0 Å². The first kappa shape index (κ1) is 10.6. The number of rotatable bonds is 3. The Morgan fingerprint density at radius 1 is 1.64 bits per heavy atom. The summed E-state index contributed by atoms with van der Waals surface area (Å²) in [7, 11) is 0. The lowest BCUT2D eigenvalue weighted by atomic mass is 9.96. The molecule has 0 radical (unpaired) electrons. The predicted octanol–water partition coefficient (Wildman–Crippen LogP) is 0.761. The van der Waals surface area contributed by atoms with E-state index >= 15 is 0 Å². The highest BCUT2D eigenvalue weighted by molar-refractivity contribution is 5.36. The molecule has 1 aromatic rings. The molecule has 14 heavy (non-hydrogen) atoms. The van der Waals surface area contributed by atoms with Crippen LogP contribution in [-0.2, 0) is 5.60 Å². The van der Waals surface area contributed by atoms with Gasteiger partial charge in [-0.2, -0.15) is 0 Å². The Morgan fingerprint density at radius 2 is 2.29 bits per heavy atom. The molecule has 0 bridgehead atoms. The van der Waals surface area contributed by atoms with E-state index in [1.54, 1.807) is 6.07 Å². The topological polar surface area (TPSA) is 89.4 Å². The number of nitro benzene ring substituents is 1. The van der Waals surface area contributed by atoms with E-state index in [9.17, 15) is 15.2 Å². The van der Waals surface area contributed by atoms with Gasteiger partial charge in [-0.3, -0.25) is 10.1 Å². The van der Waals surface area contributed by atoms with Crippen molar-refractivity contribution in [2.24, 2.45) is 5.73 Å². The lowest BCUT2D eigenvalue weighted by Gasteiger charge is -2.20. The summed E-state index contributed by atoms with van der Waals surface area (Å²) in [4.78, 5) is 9.96. The van der Waals surface area contributed by atoms with Gasteiger partial charge in [-0.25, -0.2) is 0 Å². The lowest BCUT2D eigenvalue weighted by Crippen LogP contribution is -2.31. The molecule has 1 rings (SSSR count). The zero-order valence-electron chi connectivity index (χ0n) is 7.80. The Kier molecular flexibility index (Phi) is 2.83. The largest absolute Gasteiger partial charge is 0.384 e. The van der Waals surface area contributed by atoms with E-state index < -0.39 is 10.5 Å². The molecule has 0 amide bonds. The van der Waals surface area contributed by atoms with Crippen LogP contribution >= 0.6 is 0 Å². The Hall–Kier alpha value is -1.46. The molecule has 1 atom stereocenters. The van der Waals surface area contributed by atoms with E-state index in [2.05, 4.69) is 0 Å². The first-order chi connectivity index (χ1) is 6.47. The highest BCUT2D eigenvalue weighted by atomic mass is 16.6. The fourth-order valence-corrected chi connectivity index (χ4v) is 1.07. The first-order valence-electron chi connectivity index (χ1n) is 4.15. The Bertz CT molecular complexity index is 350. The number of benzene rings is 1. The number of nitro groups is 1. The maximum Gasteiger partial charge on any atom is 0.269 e. The van der Waals surface area contributed by atoms with Gasteiger partial charge in [0.15, 0.2) is 0 Å². The number of nitrogens with zero attached hydrogens (tertiary/aromatic N) is 1. The summed E-state index contributed by atoms with van der Waals surface area (Å²) in [5, 5.41) is 20.2. The van der Waals surface area contributed by atoms with Gasteiger partial charge in [0.1, 0.15) is 0 Å². The van der Waals surface area contributed by atoms with Gasteiger partial charge in [0.25, 0.3) is 5.69 Å². The van der Waals surface area contributed by atoms with Crippen LogP contribution in [0.1, 0.15) is 12.5 Å². The molecule has 1 unspecified atom stereocenters.